The highest BCUT2D eigenvalue weighted by atomic mass is 19.1. The van der Waals surface area contributed by atoms with Crippen LogP contribution in [0.1, 0.15) is 57.7 Å². The predicted molar refractivity (Wildman–Crippen MR) is 154 cm³/mol. The number of aryl methyl sites for hydroxylation is 1. The summed E-state index contributed by atoms with van der Waals surface area (Å²) in [6.45, 7) is 12.4. The lowest BCUT2D eigenvalue weighted by atomic mass is 9.85. The van der Waals surface area contributed by atoms with Crippen LogP contribution in [0.4, 0.5) is 14.9 Å². The Hall–Kier alpha value is -4.00. The molecule has 4 rings (SSSR count). The zero-order valence-corrected chi connectivity index (χ0v) is 23.7. The van der Waals surface area contributed by atoms with Crippen molar-refractivity contribution in [2.75, 3.05) is 12.4 Å². The summed E-state index contributed by atoms with van der Waals surface area (Å²) < 4.78 is 31.5. The zero-order chi connectivity index (χ0) is 28.3. The largest absolute Gasteiger partial charge is 0.496 e. The molecule has 3 aromatic carbocycles. The highest BCUT2D eigenvalue weighted by molar-refractivity contribution is 5.88. The summed E-state index contributed by atoms with van der Waals surface area (Å²) in [5.74, 6) is 1.08. The van der Waals surface area contributed by atoms with Crippen molar-refractivity contribution in [3.8, 4) is 28.4 Å². The number of ether oxygens (including phenoxy) is 3. The van der Waals surface area contributed by atoms with Gasteiger partial charge in [-0.25, -0.2) is 9.18 Å². The van der Waals surface area contributed by atoms with Gasteiger partial charge in [0.2, 0.25) is 0 Å². The molecule has 0 aromatic heterocycles. The maximum absolute atomic E-state index is 14.0. The minimum absolute atomic E-state index is 0.00771. The lowest BCUT2D eigenvalue weighted by molar-refractivity contribution is 0.196. The maximum Gasteiger partial charge on any atom is 0.412 e. The van der Waals surface area contributed by atoms with Crippen LogP contribution in [0, 0.1) is 12.7 Å². The molecule has 1 amide bonds. The van der Waals surface area contributed by atoms with Crippen molar-refractivity contribution in [2.45, 2.75) is 66.2 Å². The third kappa shape index (κ3) is 6.36. The number of hydrogen-bond donors (Lipinski definition) is 2. The van der Waals surface area contributed by atoms with E-state index >= 15 is 0 Å². The molecule has 0 spiro atoms. The average molecular weight is 533 g/mol. The maximum atomic E-state index is 14.0. The van der Waals surface area contributed by atoms with Gasteiger partial charge in [0, 0.05) is 40.6 Å². The van der Waals surface area contributed by atoms with Crippen LogP contribution in [0.2, 0.25) is 0 Å². The fourth-order valence-electron chi connectivity index (χ4n) is 4.88. The number of rotatable bonds is 8. The van der Waals surface area contributed by atoms with Gasteiger partial charge in [0.15, 0.2) is 0 Å². The Kier molecular flexibility index (Phi) is 8.19. The second-order valence-electron chi connectivity index (χ2n) is 10.6. The molecule has 0 bridgehead atoms. The van der Waals surface area contributed by atoms with Crippen molar-refractivity contribution in [1.82, 2.24) is 5.32 Å². The minimum atomic E-state index is -0.512. The number of nitrogens with one attached hydrogen (secondary N) is 2. The second-order valence-corrected chi connectivity index (χ2v) is 10.6. The summed E-state index contributed by atoms with van der Waals surface area (Å²) >= 11 is 0. The lowest BCUT2D eigenvalue weighted by Crippen LogP contribution is -2.34. The van der Waals surface area contributed by atoms with Gasteiger partial charge < -0.3 is 24.8 Å². The number of fused-ring (bicyclic) bond motifs is 1. The Morgan fingerprint density at radius 1 is 1.05 bits per heavy atom. The van der Waals surface area contributed by atoms with Gasteiger partial charge in [0.1, 0.15) is 29.7 Å². The molecule has 0 radical (unpaired) electrons. The first-order valence-corrected chi connectivity index (χ1v) is 13.2. The van der Waals surface area contributed by atoms with Crippen LogP contribution in [-0.2, 0) is 6.61 Å². The molecule has 1 aliphatic heterocycles. The zero-order valence-electron chi connectivity index (χ0n) is 23.7. The standard InChI is InChI=1S/C32H37FN2O4/c1-8-21(4)34-31(36)39-23-11-12-25(29(16-23)37-7)24-13-14-27-30(20(3)17-32(5,6)35-27)26(24)18-38-28-15-22(33)10-9-19(28)2/h9-17,21,35H,8,18H2,1-7H3,(H,34,36). The molecule has 0 aliphatic carbocycles. The number of methoxy groups -OCH3 is 1. The topological polar surface area (TPSA) is 68.8 Å². The van der Waals surface area contributed by atoms with Crippen LogP contribution >= 0.6 is 0 Å². The van der Waals surface area contributed by atoms with E-state index in [1.807, 2.05) is 32.9 Å². The molecule has 1 aliphatic rings. The molecule has 1 atom stereocenters. The molecule has 3 aromatic rings. The molecule has 0 saturated heterocycles. The molecular weight excluding hydrogens is 495 g/mol. The number of carbonyl (C=O) groups excluding carboxylic acids is 1. The Bertz CT molecular complexity index is 1410. The van der Waals surface area contributed by atoms with Gasteiger partial charge in [0.25, 0.3) is 0 Å². The van der Waals surface area contributed by atoms with Crippen LogP contribution in [0.25, 0.3) is 16.7 Å². The van der Waals surface area contributed by atoms with Crippen LogP contribution < -0.4 is 24.8 Å². The monoisotopic (exact) mass is 532 g/mol. The van der Waals surface area contributed by atoms with Gasteiger partial charge in [-0.3, -0.25) is 0 Å². The van der Waals surface area contributed by atoms with Crippen molar-refractivity contribution in [3.05, 3.63) is 77.1 Å². The van der Waals surface area contributed by atoms with Crippen molar-refractivity contribution in [1.29, 1.82) is 0 Å². The van der Waals surface area contributed by atoms with E-state index in [0.717, 1.165) is 45.5 Å². The SMILES string of the molecule is CCC(C)NC(=O)Oc1ccc(-c2ccc3c(c2COc2cc(F)ccc2C)C(C)=CC(C)(C)N3)c(OC)c1. The number of carbonyl (C=O) groups is 1. The normalized spacial score (nSPS) is 14.4. The fourth-order valence-corrected chi connectivity index (χ4v) is 4.88. The third-order valence-corrected chi connectivity index (χ3v) is 6.91. The van der Waals surface area contributed by atoms with E-state index in [2.05, 4.69) is 43.5 Å². The summed E-state index contributed by atoms with van der Waals surface area (Å²) in [6, 6.07) is 14.0. The number of benzene rings is 3. The van der Waals surface area contributed by atoms with E-state index in [1.54, 1.807) is 25.3 Å². The summed E-state index contributed by atoms with van der Waals surface area (Å²) in [7, 11) is 1.59. The van der Waals surface area contributed by atoms with Crippen LogP contribution in [0.3, 0.4) is 0 Å². The van der Waals surface area contributed by atoms with E-state index < -0.39 is 6.09 Å². The molecule has 0 fully saturated rings. The minimum Gasteiger partial charge on any atom is -0.496 e. The Balaban J connectivity index is 1.77. The molecular formula is C32H37FN2O4. The molecule has 1 unspecified atom stereocenters. The molecule has 1 heterocycles. The molecule has 6 nitrogen and oxygen atoms in total. The molecule has 206 valence electrons. The van der Waals surface area contributed by atoms with Gasteiger partial charge in [-0.2, -0.15) is 0 Å². The first-order valence-electron chi connectivity index (χ1n) is 13.2. The van der Waals surface area contributed by atoms with Crippen LogP contribution in [-0.4, -0.2) is 24.8 Å². The highest BCUT2D eigenvalue weighted by Crippen LogP contribution is 2.43. The van der Waals surface area contributed by atoms with Gasteiger partial charge in [0.05, 0.1) is 12.6 Å². The molecule has 2 N–H and O–H groups in total. The summed E-state index contributed by atoms with van der Waals surface area (Å²) in [6.07, 6.45) is 2.48. The first-order chi connectivity index (χ1) is 18.5. The summed E-state index contributed by atoms with van der Waals surface area (Å²) in [4.78, 5) is 12.3. The number of allylic oxidation sites excluding steroid dienone is 1. The van der Waals surface area contributed by atoms with Gasteiger partial charge in [-0.1, -0.05) is 25.1 Å². The van der Waals surface area contributed by atoms with Crippen molar-refractivity contribution < 1.29 is 23.4 Å². The van der Waals surface area contributed by atoms with Gasteiger partial charge in [-0.15, -0.1) is 0 Å². The predicted octanol–water partition coefficient (Wildman–Crippen LogP) is 7.88. The quantitative estimate of drug-likeness (QED) is 0.309. The number of anilines is 1. The van der Waals surface area contributed by atoms with Crippen molar-refractivity contribution in [2.24, 2.45) is 0 Å². The number of amides is 1. The molecule has 7 heteroatoms. The Morgan fingerprint density at radius 2 is 1.79 bits per heavy atom. The lowest BCUT2D eigenvalue weighted by Gasteiger charge is -2.33. The van der Waals surface area contributed by atoms with Gasteiger partial charge >= 0.3 is 6.09 Å². The van der Waals surface area contributed by atoms with Crippen LogP contribution in [0.15, 0.2) is 54.6 Å². The summed E-state index contributed by atoms with van der Waals surface area (Å²) in [5, 5.41) is 6.40. The van der Waals surface area contributed by atoms with E-state index in [0.29, 0.717) is 17.2 Å². The van der Waals surface area contributed by atoms with E-state index in [-0.39, 0.29) is 24.0 Å². The van der Waals surface area contributed by atoms with E-state index in [4.69, 9.17) is 14.2 Å². The summed E-state index contributed by atoms with van der Waals surface area (Å²) in [5.41, 5.74) is 6.47. The van der Waals surface area contributed by atoms with Crippen molar-refractivity contribution >= 4 is 17.4 Å². The highest BCUT2D eigenvalue weighted by Gasteiger charge is 2.27. The van der Waals surface area contributed by atoms with Crippen molar-refractivity contribution in [3.63, 3.8) is 0 Å². The van der Waals surface area contributed by atoms with Crippen LogP contribution in [0.5, 0.6) is 17.2 Å². The second kappa shape index (κ2) is 11.4. The fraction of sp³-hybridized carbons (Fsp3) is 0.344. The first kappa shape index (κ1) is 28.0. The van der Waals surface area contributed by atoms with E-state index in [1.165, 1.54) is 12.1 Å². The third-order valence-electron chi connectivity index (χ3n) is 6.91. The smallest absolute Gasteiger partial charge is 0.412 e. The van der Waals surface area contributed by atoms with E-state index in [9.17, 15) is 9.18 Å². The number of hydrogen-bond acceptors (Lipinski definition) is 5. The number of halogens is 1. The Morgan fingerprint density at radius 3 is 2.51 bits per heavy atom. The molecule has 39 heavy (non-hydrogen) atoms. The Labute approximate surface area is 230 Å². The average Bonchev–Trinajstić information content (AvgIpc) is 2.88. The van der Waals surface area contributed by atoms with Gasteiger partial charge in [-0.05, 0) is 82.0 Å². The molecule has 0 saturated carbocycles.